The van der Waals surface area contributed by atoms with E-state index in [2.05, 4.69) is 10.4 Å². The monoisotopic (exact) mass is 313 g/mol. The Morgan fingerprint density at radius 2 is 2.22 bits per heavy atom. The molecule has 1 aromatic carbocycles. The first-order chi connectivity index (χ1) is 11.0. The second kappa shape index (κ2) is 6.54. The largest absolute Gasteiger partial charge is 0.373 e. The molecule has 122 valence electrons. The number of nitrogens with zero attached hydrogens (tertiary/aromatic N) is 2. The quantitative estimate of drug-likeness (QED) is 0.948. The van der Waals surface area contributed by atoms with E-state index in [4.69, 9.17) is 4.74 Å². The van der Waals surface area contributed by atoms with E-state index in [0.717, 1.165) is 35.1 Å². The Morgan fingerprint density at radius 3 is 2.96 bits per heavy atom. The van der Waals surface area contributed by atoms with E-state index in [-0.39, 0.29) is 18.1 Å². The third kappa shape index (κ3) is 3.45. The Labute approximate surface area is 136 Å². The van der Waals surface area contributed by atoms with Gasteiger partial charge in [0.05, 0.1) is 12.3 Å². The number of nitrogens with one attached hydrogen (secondary N) is 1. The smallest absolute Gasteiger partial charge is 0.251 e. The lowest BCUT2D eigenvalue weighted by atomic mass is 9.98. The highest BCUT2D eigenvalue weighted by atomic mass is 16.5. The number of carbonyl (C=O) groups is 1. The topological polar surface area (TPSA) is 56.1 Å². The summed E-state index contributed by atoms with van der Waals surface area (Å²) >= 11 is 0. The van der Waals surface area contributed by atoms with Gasteiger partial charge in [0.1, 0.15) is 0 Å². The molecule has 1 saturated heterocycles. The molecular weight excluding hydrogens is 290 g/mol. The van der Waals surface area contributed by atoms with Crippen LogP contribution in [-0.4, -0.2) is 28.3 Å². The summed E-state index contributed by atoms with van der Waals surface area (Å²) in [6.45, 7) is 4.67. The molecule has 1 amide bonds. The lowest BCUT2D eigenvalue weighted by Crippen LogP contribution is -2.40. The van der Waals surface area contributed by atoms with Crippen molar-refractivity contribution in [3.05, 3.63) is 52.8 Å². The van der Waals surface area contributed by atoms with E-state index >= 15 is 0 Å². The molecule has 5 heteroatoms. The molecule has 3 rings (SSSR count). The number of aryl methyl sites for hydroxylation is 2. The molecule has 5 nitrogen and oxygen atoms in total. The number of hydrogen-bond acceptors (Lipinski definition) is 3. The van der Waals surface area contributed by atoms with Crippen LogP contribution in [0.15, 0.2) is 30.6 Å². The minimum Gasteiger partial charge on any atom is -0.373 e. The Balaban J connectivity index is 1.67. The molecule has 0 unspecified atom stereocenters. The van der Waals surface area contributed by atoms with Crippen molar-refractivity contribution in [1.29, 1.82) is 0 Å². The Bertz CT molecular complexity index is 708. The molecule has 1 aromatic heterocycles. The highest BCUT2D eigenvalue weighted by Gasteiger charge is 2.26. The van der Waals surface area contributed by atoms with Crippen LogP contribution in [0.25, 0.3) is 0 Å². The summed E-state index contributed by atoms with van der Waals surface area (Å²) in [5.74, 6) is 0.00281. The molecule has 0 saturated carbocycles. The van der Waals surface area contributed by atoms with Crippen molar-refractivity contribution in [3.8, 4) is 0 Å². The number of carbonyl (C=O) groups excluding carboxylic acids is 1. The zero-order chi connectivity index (χ0) is 16.4. The summed E-state index contributed by atoms with van der Waals surface area (Å²) in [4.78, 5) is 12.6. The summed E-state index contributed by atoms with van der Waals surface area (Å²) in [5, 5.41) is 7.36. The minimum atomic E-state index is 0.00126. The third-order valence-electron chi connectivity index (χ3n) is 4.57. The predicted octanol–water partition coefficient (Wildman–Crippen LogP) is 2.69. The van der Waals surface area contributed by atoms with E-state index in [1.54, 1.807) is 4.68 Å². The van der Waals surface area contributed by atoms with Gasteiger partial charge in [0, 0.05) is 37.0 Å². The predicted molar refractivity (Wildman–Crippen MR) is 88.3 cm³/mol. The maximum absolute atomic E-state index is 12.6. The van der Waals surface area contributed by atoms with Gasteiger partial charge in [-0.05, 0) is 43.9 Å². The lowest BCUT2D eigenvalue weighted by molar-refractivity contribution is 0.000863. The van der Waals surface area contributed by atoms with Crippen molar-refractivity contribution in [3.63, 3.8) is 0 Å². The second-order valence-corrected chi connectivity index (χ2v) is 6.25. The Kier molecular flexibility index (Phi) is 4.48. The Hall–Kier alpha value is -2.14. The number of hydrogen-bond donors (Lipinski definition) is 1. The zero-order valence-electron chi connectivity index (χ0n) is 13.9. The fraction of sp³-hybridized carbons (Fsp3) is 0.444. The van der Waals surface area contributed by atoms with E-state index in [0.29, 0.717) is 6.61 Å². The van der Waals surface area contributed by atoms with E-state index in [9.17, 15) is 4.79 Å². The highest BCUT2D eigenvalue weighted by molar-refractivity contribution is 5.96. The number of rotatable bonds is 3. The zero-order valence-corrected chi connectivity index (χ0v) is 13.9. The number of benzene rings is 1. The summed E-state index contributed by atoms with van der Waals surface area (Å²) in [7, 11) is 1.89. The minimum absolute atomic E-state index is 0.00126. The van der Waals surface area contributed by atoms with Crippen molar-refractivity contribution in [1.82, 2.24) is 15.1 Å². The highest BCUT2D eigenvalue weighted by Crippen LogP contribution is 2.28. The van der Waals surface area contributed by atoms with Gasteiger partial charge in [-0.2, -0.15) is 5.10 Å². The first-order valence-electron chi connectivity index (χ1n) is 8.02. The van der Waals surface area contributed by atoms with Crippen molar-refractivity contribution < 1.29 is 9.53 Å². The van der Waals surface area contributed by atoms with E-state index < -0.39 is 0 Å². The SMILES string of the molecule is Cc1cccc(C(=O)N[C@@H]2CCO[C@@H](c3cnn(C)c3)C2)c1C. The van der Waals surface area contributed by atoms with Crippen LogP contribution in [0.2, 0.25) is 0 Å². The molecule has 23 heavy (non-hydrogen) atoms. The van der Waals surface area contributed by atoms with Gasteiger partial charge in [0.15, 0.2) is 0 Å². The molecule has 0 radical (unpaired) electrons. The molecule has 2 aromatic rings. The van der Waals surface area contributed by atoms with Crippen LogP contribution in [0.3, 0.4) is 0 Å². The number of aromatic nitrogens is 2. The van der Waals surface area contributed by atoms with Gasteiger partial charge in [-0.1, -0.05) is 12.1 Å². The van der Waals surface area contributed by atoms with Crippen LogP contribution in [0, 0.1) is 13.8 Å². The summed E-state index contributed by atoms with van der Waals surface area (Å²) in [6.07, 6.45) is 5.43. The van der Waals surface area contributed by atoms with Gasteiger partial charge in [-0.3, -0.25) is 9.48 Å². The van der Waals surface area contributed by atoms with Crippen molar-refractivity contribution in [2.45, 2.75) is 38.8 Å². The first-order valence-corrected chi connectivity index (χ1v) is 8.02. The molecule has 2 atom stereocenters. The maximum Gasteiger partial charge on any atom is 0.251 e. The summed E-state index contributed by atoms with van der Waals surface area (Å²) in [5.41, 5.74) is 4.01. The van der Waals surface area contributed by atoms with Crippen LogP contribution >= 0.6 is 0 Å². The van der Waals surface area contributed by atoms with Crippen LogP contribution in [0.5, 0.6) is 0 Å². The van der Waals surface area contributed by atoms with E-state index in [1.807, 2.05) is 51.5 Å². The Morgan fingerprint density at radius 1 is 1.39 bits per heavy atom. The molecule has 0 spiro atoms. The normalized spacial score (nSPS) is 21.2. The van der Waals surface area contributed by atoms with E-state index in [1.165, 1.54) is 0 Å². The fourth-order valence-electron chi connectivity index (χ4n) is 3.03. The lowest BCUT2D eigenvalue weighted by Gasteiger charge is -2.29. The van der Waals surface area contributed by atoms with Crippen LogP contribution in [0.4, 0.5) is 0 Å². The van der Waals surface area contributed by atoms with Crippen LogP contribution < -0.4 is 5.32 Å². The average molecular weight is 313 g/mol. The molecule has 1 N–H and O–H groups in total. The van der Waals surface area contributed by atoms with Crippen LogP contribution in [-0.2, 0) is 11.8 Å². The molecule has 0 bridgehead atoms. The number of ether oxygens (including phenoxy) is 1. The molecule has 2 heterocycles. The van der Waals surface area contributed by atoms with Gasteiger partial charge in [-0.25, -0.2) is 0 Å². The standard InChI is InChI=1S/C18H23N3O2/c1-12-5-4-6-16(13(12)2)18(22)20-15-7-8-23-17(9-15)14-10-19-21(3)11-14/h4-6,10-11,15,17H,7-9H2,1-3H3,(H,20,22)/t15-,17-/m1/s1. The van der Waals surface area contributed by atoms with Crippen LogP contribution in [0.1, 0.15) is 46.0 Å². The molecule has 1 aliphatic rings. The maximum atomic E-state index is 12.6. The third-order valence-corrected chi connectivity index (χ3v) is 4.57. The van der Waals surface area contributed by atoms with Gasteiger partial charge >= 0.3 is 0 Å². The summed E-state index contributed by atoms with van der Waals surface area (Å²) in [6, 6.07) is 5.97. The molecule has 0 aliphatic carbocycles. The van der Waals surface area contributed by atoms with Crippen molar-refractivity contribution in [2.24, 2.45) is 7.05 Å². The van der Waals surface area contributed by atoms with Crippen molar-refractivity contribution in [2.75, 3.05) is 6.61 Å². The van der Waals surface area contributed by atoms with Gasteiger partial charge in [0.2, 0.25) is 0 Å². The molecule has 1 fully saturated rings. The van der Waals surface area contributed by atoms with Gasteiger partial charge in [0.25, 0.3) is 5.91 Å². The number of amides is 1. The average Bonchev–Trinajstić information content (AvgIpc) is 2.97. The fourth-order valence-corrected chi connectivity index (χ4v) is 3.03. The van der Waals surface area contributed by atoms with Crippen molar-refractivity contribution >= 4 is 5.91 Å². The van der Waals surface area contributed by atoms with Gasteiger partial charge in [-0.15, -0.1) is 0 Å². The second-order valence-electron chi connectivity index (χ2n) is 6.25. The first kappa shape index (κ1) is 15.7. The van der Waals surface area contributed by atoms with Gasteiger partial charge < -0.3 is 10.1 Å². The summed E-state index contributed by atoms with van der Waals surface area (Å²) < 4.78 is 7.61. The molecular formula is C18H23N3O2. The molecule has 1 aliphatic heterocycles.